The molecule has 0 atom stereocenters. The average molecular weight is 337 g/mol. The maximum atomic E-state index is 5.96. The van der Waals surface area contributed by atoms with E-state index in [1.54, 1.807) is 17.9 Å². The number of benzene rings is 1. The fourth-order valence-corrected chi connectivity index (χ4v) is 3.26. The second kappa shape index (κ2) is 5.98. The lowest BCUT2D eigenvalue weighted by Crippen LogP contribution is -2.11. The van der Waals surface area contributed by atoms with Crippen LogP contribution in [0.3, 0.4) is 0 Å². The monoisotopic (exact) mass is 337 g/mol. The van der Waals surface area contributed by atoms with Crippen LogP contribution < -0.4 is 4.80 Å². The fraction of sp³-hybridized carbons (Fsp3) is 0.111. The van der Waals surface area contributed by atoms with Gasteiger partial charge in [-0.3, -0.25) is 4.99 Å². The van der Waals surface area contributed by atoms with Crippen molar-refractivity contribution in [1.82, 2.24) is 4.68 Å². The lowest BCUT2D eigenvalue weighted by molar-refractivity contribution is 0.527. The van der Waals surface area contributed by atoms with Crippen LogP contribution in [0.25, 0.3) is 22.4 Å². The van der Waals surface area contributed by atoms with Gasteiger partial charge in [0.05, 0.1) is 6.21 Å². The zero-order valence-corrected chi connectivity index (χ0v) is 14.1. The van der Waals surface area contributed by atoms with E-state index in [2.05, 4.69) is 10.1 Å². The lowest BCUT2D eigenvalue weighted by atomic mass is 10.2. The predicted molar refractivity (Wildman–Crippen MR) is 95.4 cm³/mol. The van der Waals surface area contributed by atoms with Gasteiger partial charge in [0.1, 0.15) is 22.8 Å². The van der Waals surface area contributed by atoms with Crippen molar-refractivity contribution >= 4 is 28.5 Å². The number of para-hydroxylation sites is 1. The molecular weight excluding hydrogens is 322 g/mol. The van der Waals surface area contributed by atoms with Gasteiger partial charge in [0.25, 0.3) is 0 Å². The summed E-state index contributed by atoms with van der Waals surface area (Å²) in [5.41, 5.74) is 1.71. The van der Waals surface area contributed by atoms with Crippen molar-refractivity contribution in [2.75, 3.05) is 7.05 Å². The Morgan fingerprint density at radius 2 is 2.00 bits per heavy atom. The number of fused-ring (bicyclic) bond motifs is 1. The summed E-state index contributed by atoms with van der Waals surface area (Å²) < 4.78 is 13.3. The molecule has 0 radical (unpaired) electrons. The maximum Gasteiger partial charge on any atom is 0.206 e. The number of aromatic nitrogens is 1. The van der Waals surface area contributed by atoms with E-state index in [-0.39, 0.29) is 0 Å². The van der Waals surface area contributed by atoms with Crippen molar-refractivity contribution in [1.29, 1.82) is 0 Å². The number of thiazole rings is 1. The van der Waals surface area contributed by atoms with E-state index in [1.165, 1.54) is 11.3 Å². The number of rotatable bonds is 3. The molecule has 4 rings (SSSR count). The molecule has 0 unspecified atom stereocenters. The van der Waals surface area contributed by atoms with Crippen molar-refractivity contribution in [3.8, 4) is 11.5 Å². The van der Waals surface area contributed by atoms with Crippen molar-refractivity contribution in [3.63, 3.8) is 0 Å². The van der Waals surface area contributed by atoms with Gasteiger partial charge < -0.3 is 8.83 Å². The Hall–Kier alpha value is -2.86. The molecule has 0 fully saturated rings. The van der Waals surface area contributed by atoms with E-state index in [9.17, 15) is 0 Å². The third kappa shape index (κ3) is 2.61. The molecule has 24 heavy (non-hydrogen) atoms. The Kier molecular flexibility index (Phi) is 3.66. The summed E-state index contributed by atoms with van der Waals surface area (Å²) >= 11 is 1.51. The first-order valence-corrected chi connectivity index (χ1v) is 8.35. The molecule has 0 amide bonds. The van der Waals surface area contributed by atoms with Crippen LogP contribution in [0.1, 0.15) is 11.5 Å². The zero-order valence-electron chi connectivity index (χ0n) is 13.3. The molecule has 5 nitrogen and oxygen atoms in total. The largest absolute Gasteiger partial charge is 0.460 e. The van der Waals surface area contributed by atoms with Crippen LogP contribution in [0.15, 0.2) is 66.8 Å². The first-order chi connectivity index (χ1) is 11.7. The lowest BCUT2D eigenvalue weighted by Gasteiger charge is -1.99. The summed E-state index contributed by atoms with van der Waals surface area (Å²) in [6.45, 7) is 1.90. The highest BCUT2D eigenvalue weighted by Gasteiger charge is 2.12. The van der Waals surface area contributed by atoms with Gasteiger partial charge in [0, 0.05) is 17.8 Å². The third-order valence-electron chi connectivity index (χ3n) is 3.62. The number of hydrogen-bond donors (Lipinski definition) is 0. The highest BCUT2D eigenvalue weighted by atomic mass is 32.1. The van der Waals surface area contributed by atoms with E-state index >= 15 is 0 Å². The van der Waals surface area contributed by atoms with Crippen LogP contribution in [-0.2, 0) is 0 Å². The summed E-state index contributed by atoms with van der Waals surface area (Å²) in [4.78, 5) is 5.07. The quantitative estimate of drug-likeness (QED) is 0.524. The summed E-state index contributed by atoms with van der Waals surface area (Å²) in [6, 6.07) is 13.7. The normalized spacial score (nSPS) is 12.7. The van der Waals surface area contributed by atoms with E-state index in [4.69, 9.17) is 8.83 Å². The Morgan fingerprint density at radius 1 is 1.12 bits per heavy atom. The van der Waals surface area contributed by atoms with Crippen LogP contribution in [0.4, 0.5) is 0 Å². The highest BCUT2D eigenvalue weighted by molar-refractivity contribution is 7.07. The standard InChI is InChI=1S/C18H15N3O2S/c1-12-7-8-14(22-12)10-20-21-15(11-24-18(21)19-2)17-9-13-5-3-4-6-16(13)23-17/h3-11H,1-2H3. The van der Waals surface area contributed by atoms with E-state index in [1.807, 2.05) is 54.8 Å². The minimum atomic E-state index is 0.698. The molecule has 0 aliphatic rings. The van der Waals surface area contributed by atoms with Crippen LogP contribution in [-0.4, -0.2) is 17.9 Å². The second-order valence-electron chi connectivity index (χ2n) is 5.28. The minimum Gasteiger partial charge on any atom is -0.460 e. The van der Waals surface area contributed by atoms with Crippen LogP contribution in [0.5, 0.6) is 0 Å². The van der Waals surface area contributed by atoms with Crippen LogP contribution in [0, 0.1) is 6.92 Å². The molecule has 120 valence electrons. The molecule has 0 saturated carbocycles. The van der Waals surface area contributed by atoms with Gasteiger partial charge >= 0.3 is 0 Å². The van der Waals surface area contributed by atoms with Crippen LogP contribution in [0.2, 0.25) is 0 Å². The van der Waals surface area contributed by atoms with E-state index in [0.717, 1.165) is 33.0 Å². The van der Waals surface area contributed by atoms with Crippen molar-refractivity contribution in [3.05, 3.63) is 64.2 Å². The molecule has 4 aromatic rings. The second-order valence-corrected chi connectivity index (χ2v) is 6.12. The van der Waals surface area contributed by atoms with Crippen molar-refractivity contribution in [2.24, 2.45) is 10.1 Å². The van der Waals surface area contributed by atoms with Gasteiger partial charge in [0.15, 0.2) is 5.76 Å². The first kappa shape index (κ1) is 14.7. The molecule has 0 spiro atoms. The van der Waals surface area contributed by atoms with Gasteiger partial charge in [-0.1, -0.05) is 18.2 Å². The molecule has 3 heterocycles. The first-order valence-electron chi connectivity index (χ1n) is 7.48. The van der Waals surface area contributed by atoms with Gasteiger partial charge in [-0.05, 0) is 31.2 Å². The zero-order chi connectivity index (χ0) is 16.5. The van der Waals surface area contributed by atoms with Gasteiger partial charge in [0.2, 0.25) is 4.80 Å². The van der Waals surface area contributed by atoms with Crippen LogP contribution >= 0.6 is 11.3 Å². The highest BCUT2D eigenvalue weighted by Crippen LogP contribution is 2.28. The predicted octanol–water partition coefficient (Wildman–Crippen LogP) is 4.28. The van der Waals surface area contributed by atoms with Gasteiger partial charge in [-0.2, -0.15) is 5.10 Å². The van der Waals surface area contributed by atoms with Gasteiger partial charge in [-0.15, -0.1) is 11.3 Å². The molecular formula is C18H15N3O2S. The summed E-state index contributed by atoms with van der Waals surface area (Å²) in [7, 11) is 1.75. The SMILES string of the molecule is CN=c1scc(-c2cc3ccccc3o2)n1N=Cc1ccc(C)o1. The maximum absolute atomic E-state index is 5.96. The molecule has 0 N–H and O–H groups in total. The number of nitrogens with zero attached hydrogens (tertiary/aromatic N) is 3. The number of hydrogen-bond acceptors (Lipinski definition) is 5. The Balaban J connectivity index is 1.81. The topological polar surface area (TPSA) is 55.9 Å². The molecule has 0 saturated heterocycles. The molecule has 3 aromatic heterocycles. The smallest absolute Gasteiger partial charge is 0.206 e. The molecule has 0 aliphatic heterocycles. The molecule has 6 heteroatoms. The van der Waals surface area contributed by atoms with Crippen molar-refractivity contribution < 1.29 is 8.83 Å². The minimum absolute atomic E-state index is 0.698. The average Bonchev–Trinajstić information content (AvgIpc) is 3.29. The molecule has 0 bridgehead atoms. The van der Waals surface area contributed by atoms with Crippen molar-refractivity contribution in [2.45, 2.75) is 6.92 Å². The summed E-state index contributed by atoms with van der Waals surface area (Å²) in [5.74, 6) is 2.31. The molecule has 0 aliphatic carbocycles. The Labute approximate surface area is 142 Å². The van der Waals surface area contributed by atoms with E-state index < -0.39 is 0 Å². The number of furan rings is 2. The van der Waals surface area contributed by atoms with E-state index in [0.29, 0.717) is 5.76 Å². The number of aryl methyl sites for hydroxylation is 1. The molecule has 1 aromatic carbocycles. The summed E-state index contributed by atoms with van der Waals surface area (Å²) in [6.07, 6.45) is 1.68. The summed E-state index contributed by atoms with van der Waals surface area (Å²) in [5, 5.41) is 7.57. The third-order valence-corrected chi connectivity index (χ3v) is 4.52. The Bertz CT molecular complexity index is 1060. The van der Waals surface area contributed by atoms with Gasteiger partial charge in [-0.25, -0.2) is 4.68 Å². The fourth-order valence-electron chi connectivity index (χ4n) is 2.48. The Morgan fingerprint density at radius 3 is 2.75 bits per heavy atom.